The molecule has 2 aliphatic heterocycles. The predicted octanol–water partition coefficient (Wildman–Crippen LogP) is 5.93. The van der Waals surface area contributed by atoms with Gasteiger partial charge in [-0.15, -0.1) is 0 Å². The molecule has 2 aliphatic rings. The molecule has 0 amide bonds. The van der Waals surface area contributed by atoms with E-state index in [9.17, 15) is 52.7 Å². The highest BCUT2D eigenvalue weighted by molar-refractivity contribution is 9.20. The predicted molar refractivity (Wildman–Crippen MR) is 315 cm³/mol. The first-order valence-electron chi connectivity index (χ1n) is 25.5. The van der Waals surface area contributed by atoms with Gasteiger partial charge in [0.2, 0.25) is 4.69 Å². The number of alkyl halides is 3. The lowest BCUT2D eigenvalue weighted by atomic mass is 10.2. The maximum absolute atomic E-state index is 11.7. The summed E-state index contributed by atoms with van der Waals surface area (Å²) < 4.78 is 44.7. The standard InChI is InChI=1S/C18H26Br2O8.2C10H16O6.C5H12.C4H6Br2O.C4H2O3.C3H6O/c1-11(27-15(23)17(3,4)19)9-25-13(21)7-8-14(22)26-10-12(2)28-16(24)18(5,6)20;2*1-7(11)5-15-9(13)3-4-10(14)16-6-8(2)12;1-3-5-4-2;1-4(2,6)3(5)7;5-3-1-2-4(6)7-3;1-3-2-4-3/h7-8,11-12H,9-10H2,1-6H3;2*3-4,7-8,11-12H,5-6H2,1-2H3;3-5H2,1-2H3;1-2H3;1-2H;3H,2H2,1H3/b8-7+;4-3+;4-3-;;;;. The number of carbonyl (C=O) groups excluding carboxylic acids is 11. The highest BCUT2D eigenvalue weighted by Gasteiger charge is 2.28. The van der Waals surface area contributed by atoms with Crippen LogP contribution in [-0.2, 0) is 100 Å². The average molecular weight is 1450 g/mol. The number of epoxide rings is 1. The number of hydrogen-bond donors (Lipinski definition) is 4. The zero-order valence-corrected chi connectivity index (χ0v) is 55.9. The Hall–Kier alpha value is -4.75. The summed E-state index contributed by atoms with van der Waals surface area (Å²) in [6.07, 6.45) is 7.90. The average Bonchev–Trinajstić information content (AvgIpc) is 4.07. The van der Waals surface area contributed by atoms with Crippen molar-refractivity contribution >= 4 is 128 Å². The van der Waals surface area contributed by atoms with E-state index >= 15 is 0 Å². The van der Waals surface area contributed by atoms with Crippen LogP contribution in [-0.4, -0.2) is 187 Å². The van der Waals surface area contributed by atoms with Crippen LogP contribution in [0.25, 0.3) is 0 Å². The first-order valence-corrected chi connectivity index (χ1v) is 28.7. The van der Waals surface area contributed by atoms with Gasteiger partial charge in [0.15, 0.2) is 0 Å². The first kappa shape index (κ1) is 87.0. The Balaban J connectivity index is -0.000000315. The van der Waals surface area contributed by atoms with E-state index in [0.29, 0.717) is 6.10 Å². The molecule has 7 atom stereocenters. The number of halogens is 4. The second kappa shape index (κ2) is 49.5. The minimum absolute atomic E-state index is 0.0278. The molecular formula is C54H84Br4O25. The summed E-state index contributed by atoms with van der Waals surface area (Å²) in [5.41, 5.74) is 0. The summed E-state index contributed by atoms with van der Waals surface area (Å²) in [6, 6.07) is 0. The van der Waals surface area contributed by atoms with Gasteiger partial charge in [-0.05, 0) is 106 Å². The molecule has 0 spiro atoms. The van der Waals surface area contributed by atoms with E-state index in [2.05, 4.69) is 108 Å². The molecule has 0 radical (unpaired) electrons. The molecule has 83 heavy (non-hydrogen) atoms. The fourth-order valence-corrected chi connectivity index (χ4v) is 3.56. The number of unbranched alkanes of at least 4 members (excludes halogenated alkanes) is 2. The highest BCUT2D eigenvalue weighted by atomic mass is 79.9. The topological polar surface area (TPSA) is 364 Å². The molecule has 4 N–H and O–H groups in total. The fraction of sp³-hybridized carbons (Fsp3) is 0.648. The van der Waals surface area contributed by atoms with Gasteiger partial charge in [0.25, 0.3) is 0 Å². The first-order chi connectivity index (χ1) is 38.0. The highest BCUT2D eigenvalue weighted by Crippen LogP contribution is 2.20. The third kappa shape index (κ3) is 67.9. The molecule has 25 nitrogen and oxygen atoms in total. The Morgan fingerprint density at radius 2 is 0.711 bits per heavy atom. The number of carbonyl (C=O) groups is 11. The molecule has 0 aliphatic carbocycles. The van der Waals surface area contributed by atoms with E-state index in [4.69, 9.17) is 44.1 Å². The van der Waals surface area contributed by atoms with Crippen LogP contribution in [0.5, 0.6) is 0 Å². The quantitative estimate of drug-likeness (QED) is 0.0156. The molecule has 0 aromatic carbocycles. The molecule has 0 saturated carbocycles. The lowest BCUT2D eigenvalue weighted by Gasteiger charge is -2.19. The van der Waals surface area contributed by atoms with Crippen LogP contribution in [0.2, 0.25) is 0 Å². The summed E-state index contributed by atoms with van der Waals surface area (Å²) in [7, 11) is 0. The van der Waals surface area contributed by atoms with Crippen molar-refractivity contribution in [1.82, 2.24) is 0 Å². The lowest BCUT2D eigenvalue weighted by Crippen LogP contribution is -2.32. The molecule has 1 saturated heterocycles. The number of ether oxygens (including phenoxy) is 10. The third-order valence-corrected chi connectivity index (χ3v) is 10.2. The number of aliphatic hydroxyl groups is 4. The largest absolute Gasteiger partial charge is 0.460 e. The normalized spacial score (nSPS) is 15.2. The van der Waals surface area contributed by atoms with Crippen molar-refractivity contribution in [2.75, 3.05) is 46.2 Å². The zero-order valence-electron chi connectivity index (χ0n) is 49.6. The molecule has 2 rings (SSSR count). The third-order valence-electron chi connectivity index (χ3n) is 7.67. The van der Waals surface area contributed by atoms with Crippen molar-refractivity contribution in [3.8, 4) is 0 Å². The summed E-state index contributed by atoms with van der Waals surface area (Å²) >= 11 is 12.3. The van der Waals surface area contributed by atoms with Gasteiger partial charge in [0, 0.05) is 48.6 Å². The number of esters is 10. The molecule has 2 heterocycles. The maximum Gasteiger partial charge on any atom is 0.338 e. The van der Waals surface area contributed by atoms with Gasteiger partial charge in [-0.2, -0.15) is 0 Å². The summed E-state index contributed by atoms with van der Waals surface area (Å²) in [5.74, 6) is -6.69. The van der Waals surface area contributed by atoms with Crippen LogP contribution < -0.4 is 0 Å². The van der Waals surface area contributed by atoms with E-state index in [1.807, 2.05) is 0 Å². The molecule has 29 heteroatoms. The number of aliphatic hydroxyl groups excluding tert-OH is 4. The fourth-order valence-electron chi connectivity index (χ4n) is 3.37. The van der Waals surface area contributed by atoms with Crippen LogP contribution in [0.4, 0.5) is 0 Å². The second-order valence-electron chi connectivity index (χ2n) is 18.9. The van der Waals surface area contributed by atoms with Gasteiger partial charge in [0.1, 0.15) is 60.5 Å². The number of rotatable bonds is 25. The monoisotopic (exact) mass is 1450 g/mol. The van der Waals surface area contributed by atoms with Gasteiger partial charge < -0.3 is 67.8 Å². The Labute approximate surface area is 519 Å². The molecular weight excluding hydrogens is 1370 g/mol. The van der Waals surface area contributed by atoms with E-state index in [1.165, 1.54) is 47.0 Å². The molecule has 1 fully saturated rings. The molecule has 0 aromatic heterocycles. The van der Waals surface area contributed by atoms with E-state index < -0.39 is 109 Å². The van der Waals surface area contributed by atoms with Crippen LogP contribution in [0.3, 0.4) is 0 Å². The molecule has 7 unspecified atom stereocenters. The van der Waals surface area contributed by atoms with Gasteiger partial charge in [-0.25, -0.2) is 38.4 Å². The van der Waals surface area contributed by atoms with Crippen molar-refractivity contribution in [2.45, 2.75) is 179 Å². The van der Waals surface area contributed by atoms with E-state index in [0.717, 1.165) is 55.2 Å². The Bertz CT molecular complexity index is 1900. The SMILES string of the molecule is CC(C)(Br)C(=O)Br.CC(COC(=O)/C=C/C(=O)OCC(C)OC(=O)C(C)(C)Br)OC(=O)C(C)(C)Br.CC(O)COC(=O)/C=C/C(=O)OCC(C)O.CC(O)COC(=O)/C=C\C(=O)OCC(C)O.CC1CO1.CCCCC.O=C1C=CC(=O)O1. The van der Waals surface area contributed by atoms with Gasteiger partial charge in [0.05, 0.1) is 41.5 Å². The lowest BCUT2D eigenvalue weighted by molar-refractivity contribution is -0.157. The van der Waals surface area contributed by atoms with Crippen LogP contribution >= 0.6 is 63.7 Å². The maximum atomic E-state index is 11.7. The van der Waals surface area contributed by atoms with Crippen LogP contribution in [0, 0.1) is 0 Å². The minimum Gasteiger partial charge on any atom is -0.460 e. The van der Waals surface area contributed by atoms with Gasteiger partial charge >= 0.3 is 59.7 Å². The van der Waals surface area contributed by atoms with E-state index in [1.54, 1.807) is 55.4 Å². The van der Waals surface area contributed by atoms with E-state index in [-0.39, 0.29) is 44.3 Å². The van der Waals surface area contributed by atoms with Crippen molar-refractivity contribution in [3.63, 3.8) is 0 Å². The van der Waals surface area contributed by atoms with Crippen LogP contribution in [0.1, 0.15) is 123 Å². The Kier molecular flexibility index (Phi) is 51.9. The van der Waals surface area contributed by atoms with Crippen molar-refractivity contribution in [2.24, 2.45) is 0 Å². The Morgan fingerprint density at radius 1 is 0.506 bits per heavy atom. The number of cyclic esters (lactones) is 2. The number of hydrogen-bond acceptors (Lipinski definition) is 25. The van der Waals surface area contributed by atoms with Crippen molar-refractivity contribution in [3.05, 3.63) is 48.6 Å². The summed E-state index contributed by atoms with van der Waals surface area (Å²) in [4.78, 5) is 120. The van der Waals surface area contributed by atoms with Crippen molar-refractivity contribution in [1.29, 1.82) is 0 Å². The smallest absolute Gasteiger partial charge is 0.338 e. The summed E-state index contributed by atoms with van der Waals surface area (Å²) in [5, 5.41) is 35.2. The molecule has 0 aromatic rings. The Morgan fingerprint density at radius 3 is 0.831 bits per heavy atom. The molecule has 478 valence electrons. The van der Waals surface area contributed by atoms with Crippen LogP contribution in [0.15, 0.2) is 48.6 Å². The zero-order chi connectivity index (χ0) is 65.7. The van der Waals surface area contributed by atoms with Gasteiger partial charge in [-0.1, -0.05) is 80.9 Å². The van der Waals surface area contributed by atoms with Gasteiger partial charge in [-0.3, -0.25) is 14.4 Å². The second-order valence-corrected chi connectivity index (χ2v) is 25.5. The molecule has 0 bridgehead atoms. The van der Waals surface area contributed by atoms with Crippen molar-refractivity contribution < 1.29 is 121 Å². The minimum atomic E-state index is -0.843. The summed E-state index contributed by atoms with van der Waals surface area (Å²) in [6.45, 7) is 25.7.